The first-order valence-corrected chi connectivity index (χ1v) is 5.83. The van der Waals surface area contributed by atoms with Crippen LogP contribution >= 0.6 is 11.6 Å². The van der Waals surface area contributed by atoms with E-state index < -0.39 is 0 Å². The quantitative estimate of drug-likeness (QED) is 0.501. The second-order valence-electron chi connectivity index (χ2n) is 3.82. The standard InChI is InChI=1S/C11H20ClN/c1-11-7-3-2-5-9-13(11)10-6-4-8-12/h4,6,11H,2-3,5,7-10H2,1H3. The van der Waals surface area contributed by atoms with Crippen molar-refractivity contribution < 1.29 is 0 Å². The normalized spacial score (nSPS) is 26.5. The molecule has 0 saturated carbocycles. The Morgan fingerprint density at radius 3 is 2.92 bits per heavy atom. The largest absolute Gasteiger partial charge is 0.297 e. The summed E-state index contributed by atoms with van der Waals surface area (Å²) in [5.41, 5.74) is 0. The third-order valence-corrected chi connectivity index (χ3v) is 2.96. The molecule has 1 aliphatic heterocycles. The minimum absolute atomic E-state index is 0.641. The molecule has 0 N–H and O–H groups in total. The topological polar surface area (TPSA) is 3.24 Å². The highest BCUT2D eigenvalue weighted by molar-refractivity contribution is 6.18. The lowest BCUT2D eigenvalue weighted by Crippen LogP contribution is -2.32. The lowest BCUT2D eigenvalue weighted by molar-refractivity contribution is 0.237. The van der Waals surface area contributed by atoms with Crippen molar-refractivity contribution in [3.63, 3.8) is 0 Å². The van der Waals surface area contributed by atoms with Gasteiger partial charge in [-0.05, 0) is 26.3 Å². The van der Waals surface area contributed by atoms with Gasteiger partial charge in [-0.25, -0.2) is 0 Å². The molecule has 1 atom stereocenters. The fourth-order valence-corrected chi connectivity index (χ4v) is 2.00. The number of rotatable bonds is 3. The number of halogens is 1. The predicted octanol–water partition coefficient (Wildman–Crippen LogP) is 3.05. The van der Waals surface area contributed by atoms with E-state index in [9.17, 15) is 0 Å². The van der Waals surface area contributed by atoms with Gasteiger partial charge in [-0.2, -0.15) is 0 Å². The molecule has 2 heteroatoms. The van der Waals surface area contributed by atoms with E-state index in [2.05, 4.69) is 17.9 Å². The zero-order chi connectivity index (χ0) is 9.52. The monoisotopic (exact) mass is 201 g/mol. The highest BCUT2D eigenvalue weighted by Gasteiger charge is 2.14. The third kappa shape index (κ3) is 4.15. The molecule has 1 saturated heterocycles. The van der Waals surface area contributed by atoms with Gasteiger partial charge in [0.15, 0.2) is 0 Å². The van der Waals surface area contributed by atoms with Gasteiger partial charge in [-0.1, -0.05) is 25.0 Å². The van der Waals surface area contributed by atoms with Crippen LogP contribution in [-0.2, 0) is 0 Å². The Balaban J connectivity index is 2.31. The SMILES string of the molecule is CC1CCCCCN1CC=CCCl. The summed E-state index contributed by atoms with van der Waals surface area (Å²) in [6.07, 6.45) is 9.75. The molecule has 1 nitrogen and oxygen atoms in total. The van der Waals surface area contributed by atoms with E-state index in [4.69, 9.17) is 11.6 Å². The molecule has 0 spiro atoms. The molecule has 0 aliphatic carbocycles. The van der Waals surface area contributed by atoms with Gasteiger partial charge in [0.1, 0.15) is 0 Å². The summed E-state index contributed by atoms with van der Waals surface area (Å²) in [5, 5.41) is 0. The van der Waals surface area contributed by atoms with Crippen molar-refractivity contribution in [3.05, 3.63) is 12.2 Å². The molecule has 1 aliphatic rings. The first-order valence-electron chi connectivity index (χ1n) is 5.29. The first kappa shape index (κ1) is 11.1. The number of likely N-dealkylation sites (tertiary alicyclic amines) is 1. The molecule has 0 aromatic rings. The molecule has 0 aromatic heterocycles. The Bertz CT molecular complexity index is 156. The molecule has 1 unspecified atom stereocenters. The Kier molecular flexibility index (Phi) is 5.49. The molecule has 0 aromatic carbocycles. The lowest BCUT2D eigenvalue weighted by atomic mass is 10.1. The summed E-state index contributed by atoms with van der Waals surface area (Å²) in [7, 11) is 0. The maximum absolute atomic E-state index is 5.58. The smallest absolute Gasteiger partial charge is 0.0404 e. The van der Waals surface area contributed by atoms with Crippen LogP contribution in [0.1, 0.15) is 32.6 Å². The van der Waals surface area contributed by atoms with Crippen LogP contribution < -0.4 is 0 Å². The van der Waals surface area contributed by atoms with Crippen molar-refractivity contribution in [1.82, 2.24) is 4.90 Å². The average Bonchev–Trinajstić information content (AvgIpc) is 2.32. The summed E-state index contributed by atoms with van der Waals surface area (Å²) in [4.78, 5) is 2.55. The van der Waals surface area contributed by atoms with Crippen LogP contribution in [0.2, 0.25) is 0 Å². The third-order valence-electron chi connectivity index (χ3n) is 2.79. The van der Waals surface area contributed by atoms with Crippen LogP contribution in [0.15, 0.2) is 12.2 Å². The van der Waals surface area contributed by atoms with Crippen LogP contribution in [-0.4, -0.2) is 29.9 Å². The number of allylic oxidation sites excluding steroid dienone is 1. The van der Waals surface area contributed by atoms with Crippen LogP contribution in [0.3, 0.4) is 0 Å². The molecular weight excluding hydrogens is 182 g/mol. The average molecular weight is 202 g/mol. The molecule has 1 heterocycles. The fourth-order valence-electron chi connectivity index (χ4n) is 1.88. The van der Waals surface area contributed by atoms with E-state index in [1.54, 1.807) is 0 Å². The van der Waals surface area contributed by atoms with E-state index in [1.807, 2.05) is 6.08 Å². The van der Waals surface area contributed by atoms with Crippen molar-refractivity contribution in [2.24, 2.45) is 0 Å². The Morgan fingerprint density at radius 2 is 2.15 bits per heavy atom. The van der Waals surface area contributed by atoms with Crippen molar-refractivity contribution in [2.45, 2.75) is 38.6 Å². The highest BCUT2D eigenvalue weighted by Crippen LogP contribution is 2.15. The summed E-state index contributed by atoms with van der Waals surface area (Å²) in [6, 6.07) is 0.752. The fraction of sp³-hybridized carbons (Fsp3) is 0.818. The predicted molar refractivity (Wildman–Crippen MR) is 59.4 cm³/mol. The van der Waals surface area contributed by atoms with Gasteiger partial charge in [0, 0.05) is 18.5 Å². The Morgan fingerprint density at radius 1 is 1.31 bits per heavy atom. The molecule has 13 heavy (non-hydrogen) atoms. The van der Waals surface area contributed by atoms with Gasteiger partial charge in [-0.15, -0.1) is 11.6 Å². The number of hydrogen-bond acceptors (Lipinski definition) is 1. The van der Waals surface area contributed by atoms with Gasteiger partial charge >= 0.3 is 0 Å². The molecule has 76 valence electrons. The number of hydrogen-bond donors (Lipinski definition) is 0. The van der Waals surface area contributed by atoms with Gasteiger partial charge in [0.2, 0.25) is 0 Å². The Hall–Kier alpha value is -0.0100. The van der Waals surface area contributed by atoms with E-state index in [0.717, 1.165) is 12.6 Å². The van der Waals surface area contributed by atoms with Gasteiger partial charge in [-0.3, -0.25) is 4.90 Å². The maximum atomic E-state index is 5.58. The second kappa shape index (κ2) is 6.44. The molecule has 0 bridgehead atoms. The van der Waals surface area contributed by atoms with Crippen LogP contribution in [0.25, 0.3) is 0 Å². The Labute approximate surface area is 86.8 Å². The summed E-state index contributed by atoms with van der Waals surface area (Å²) < 4.78 is 0. The van der Waals surface area contributed by atoms with E-state index in [1.165, 1.54) is 32.2 Å². The van der Waals surface area contributed by atoms with Crippen molar-refractivity contribution >= 4 is 11.6 Å². The van der Waals surface area contributed by atoms with Gasteiger partial charge in [0.05, 0.1) is 0 Å². The number of alkyl halides is 1. The highest BCUT2D eigenvalue weighted by atomic mass is 35.5. The van der Waals surface area contributed by atoms with Crippen LogP contribution in [0.4, 0.5) is 0 Å². The van der Waals surface area contributed by atoms with Crippen LogP contribution in [0, 0.1) is 0 Å². The molecule has 1 rings (SSSR count). The number of nitrogens with zero attached hydrogens (tertiary/aromatic N) is 1. The zero-order valence-corrected chi connectivity index (χ0v) is 9.26. The molecule has 1 fully saturated rings. The van der Waals surface area contributed by atoms with E-state index in [0.29, 0.717) is 5.88 Å². The summed E-state index contributed by atoms with van der Waals surface area (Å²) in [6.45, 7) is 4.67. The maximum Gasteiger partial charge on any atom is 0.0404 e. The van der Waals surface area contributed by atoms with E-state index in [-0.39, 0.29) is 0 Å². The van der Waals surface area contributed by atoms with Gasteiger partial charge < -0.3 is 0 Å². The lowest BCUT2D eigenvalue weighted by Gasteiger charge is -2.25. The molecule has 0 radical (unpaired) electrons. The minimum atomic E-state index is 0.641. The second-order valence-corrected chi connectivity index (χ2v) is 4.13. The van der Waals surface area contributed by atoms with Crippen LogP contribution in [0.5, 0.6) is 0 Å². The van der Waals surface area contributed by atoms with Gasteiger partial charge in [0.25, 0.3) is 0 Å². The van der Waals surface area contributed by atoms with E-state index >= 15 is 0 Å². The van der Waals surface area contributed by atoms with Crippen molar-refractivity contribution in [3.8, 4) is 0 Å². The summed E-state index contributed by atoms with van der Waals surface area (Å²) >= 11 is 5.58. The summed E-state index contributed by atoms with van der Waals surface area (Å²) in [5.74, 6) is 0.641. The van der Waals surface area contributed by atoms with Crippen molar-refractivity contribution in [2.75, 3.05) is 19.0 Å². The molecule has 0 amide bonds. The van der Waals surface area contributed by atoms with Crippen molar-refractivity contribution in [1.29, 1.82) is 0 Å². The molecular formula is C11H20ClN. The minimum Gasteiger partial charge on any atom is -0.297 e. The zero-order valence-electron chi connectivity index (χ0n) is 8.51. The first-order chi connectivity index (χ1) is 6.34.